The van der Waals surface area contributed by atoms with E-state index in [4.69, 9.17) is 4.52 Å². The number of hydrogen-bond acceptors (Lipinski definition) is 6. The van der Waals surface area contributed by atoms with Crippen LogP contribution in [0.1, 0.15) is 34.0 Å². The third-order valence-electron chi connectivity index (χ3n) is 5.78. The van der Waals surface area contributed by atoms with Gasteiger partial charge in [-0.15, -0.1) is 0 Å². The van der Waals surface area contributed by atoms with Crippen molar-refractivity contribution >= 4 is 22.8 Å². The molecule has 30 heavy (non-hydrogen) atoms. The van der Waals surface area contributed by atoms with E-state index in [-0.39, 0.29) is 17.9 Å². The molecule has 0 unspecified atom stereocenters. The average Bonchev–Trinajstić information content (AvgIpc) is 3.43. The number of benzene rings is 1. The van der Waals surface area contributed by atoms with Crippen LogP contribution in [0, 0.1) is 6.92 Å². The number of anilines is 1. The van der Waals surface area contributed by atoms with Crippen LogP contribution in [-0.2, 0) is 0 Å². The molecule has 8 heteroatoms. The minimum absolute atomic E-state index is 0.0908. The minimum Gasteiger partial charge on any atom is -0.361 e. The number of piperidine rings is 1. The van der Waals surface area contributed by atoms with Gasteiger partial charge in [-0.3, -0.25) is 4.79 Å². The molecule has 1 aliphatic rings. The van der Waals surface area contributed by atoms with Crippen molar-refractivity contribution in [2.75, 3.05) is 18.0 Å². The van der Waals surface area contributed by atoms with E-state index in [0.29, 0.717) is 17.9 Å². The molecule has 1 fully saturated rings. The van der Waals surface area contributed by atoms with E-state index in [2.05, 4.69) is 42.5 Å². The molecule has 0 radical (unpaired) electrons. The fraction of sp³-hybridized carbons (Fsp3) is 0.273. The first kappa shape index (κ1) is 18.4. The molecule has 0 bridgehead atoms. The summed E-state index contributed by atoms with van der Waals surface area (Å²) in [6.07, 6.45) is 5.81. The maximum atomic E-state index is 12.9. The van der Waals surface area contributed by atoms with Crippen LogP contribution in [0.15, 0.2) is 59.6 Å². The third kappa shape index (κ3) is 3.30. The largest absolute Gasteiger partial charge is 0.361 e. The highest BCUT2D eigenvalue weighted by molar-refractivity contribution is 5.95. The summed E-state index contributed by atoms with van der Waals surface area (Å²) in [5, 5.41) is 7.94. The Balaban J connectivity index is 1.46. The Labute approximate surface area is 173 Å². The molecule has 1 aromatic carbocycles. The molecule has 3 aromatic heterocycles. The number of aryl methyl sites for hydroxylation is 1. The van der Waals surface area contributed by atoms with Crippen LogP contribution in [0.5, 0.6) is 0 Å². The Morgan fingerprint density at radius 1 is 1.23 bits per heavy atom. The van der Waals surface area contributed by atoms with Crippen LogP contribution in [-0.4, -0.2) is 45.1 Å². The lowest BCUT2D eigenvalue weighted by atomic mass is 9.85. The first-order chi connectivity index (χ1) is 14.7. The first-order valence-corrected chi connectivity index (χ1v) is 10.0. The standard InChI is InChI=1S/C22H22N6O2/c1-14-18(11-26-30-14)22(29)27-19-12-28(10-8-16(19)15-5-3-2-4-6-15)21-17-7-9-23-20(17)24-13-25-21/h2-7,9,11,13,16,19H,8,10,12H2,1H3,(H,27,29)(H,23,24,25)/t16-,19+/m0/s1. The molecule has 0 saturated carbocycles. The SMILES string of the molecule is Cc1oncc1C(=O)N[C@@H]1CN(c2ncnc3[nH]ccc23)CC[C@H]1c1ccccc1. The highest BCUT2D eigenvalue weighted by Crippen LogP contribution is 2.32. The highest BCUT2D eigenvalue weighted by atomic mass is 16.5. The van der Waals surface area contributed by atoms with Gasteiger partial charge in [-0.05, 0) is 25.0 Å². The van der Waals surface area contributed by atoms with Crippen LogP contribution in [0.3, 0.4) is 0 Å². The summed E-state index contributed by atoms with van der Waals surface area (Å²) in [6.45, 7) is 3.23. The van der Waals surface area contributed by atoms with E-state index in [0.717, 1.165) is 29.8 Å². The van der Waals surface area contributed by atoms with E-state index in [1.807, 2.05) is 30.5 Å². The summed E-state index contributed by atoms with van der Waals surface area (Å²) in [6, 6.07) is 12.2. The Bertz CT molecular complexity index is 1170. The fourth-order valence-corrected chi connectivity index (χ4v) is 4.26. The zero-order valence-corrected chi connectivity index (χ0v) is 16.6. The number of amides is 1. The van der Waals surface area contributed by atoms with E-state index >= 15 is 0 Å². The highest BCUT2D eigenvalue weighted by Gasteiger charge is 2.33. The summed E-state index contributed by atoms with van der Waals surface area (Å²) in [4.78, 5) is 27.1. The number of rotatable bonds is 4. The lowest BCUT2D eigenvalue weighted by Crippen LogP contribution is -2.52. The Morgan fingerprint density at radius 2 is 2.10 bits per heavy atom. The molecule has 152 valence electrons. The van der Waals surface area contributed by atoms with Gasteiger partial charge in [-0.25, -0.2) is 9.97 Å². The molecule has 1 aliphatic heterocycles. The lowest BCUT2D eigenvalue weighted by Gasteiger charge is -2.40. The van der Waals surface area contributed by atoms with Gasteiger partial charge in [0.1, 0.15) is 29.1 Å². The number of hydrogen-bond donors (Lipinski definition) is 2. The van der Waals surface area contributed by atoms with E-state index in [1.54, 1.807) is 13.3 Å². The van der Waals surface area contributed by atoms with Gasteiger partial charge in [0, 0.05) is 25.2 Å². The number of nitrogens with one attached hydrogen (secondary N) is 2. The Kier molecular flexibility index (Phi) is 4.66. The van der Waals surface area contributed by atoms with Crippen molar-refractivity contribution in [2.24, 2.45) is 0 Å². The number of fused-ring (bicyclic) bond motifs is 1. The average molecular weight is 402 g/mol. The van der Waals surface area contributed by atoms with Gasteiger partial charge in [0.15, 0.2) is 0 Å². The second-order valence-corrected chi connectivity index (χ2v) is 7.56. The molecule has 4 heterocycles. The molecule has 5 rings (SSSR count). The van der Waals surface area contributed by atoms with Gasteiger partial charge in [0.05, 0.1) is 17.6 Å². The Hall–Kier alpha value is -3.68. The van der Waals surface area contributed by atoms with Crippen LogP contribution in [0.25, 0.3) is 11.0 Å². The van der Waals surface area contributed by atoms with Crippen molar-refractivity contribution < 1.29 is 9.32 Å². The van der Waals surface area contributed by atoms with Crippen LogP contribution in [0.2, 0.25) is 0 Å². The zero-order valence-electron chi connectivity index (χ0n) is 16.6. The third-order valence-corrected chi connectivity index (χ3v) is 5.78. The maximum Gasteiger partial charge on any atom is 0.256 e. The number of aromatic amines is 1. The summed E-state index contributed by atoms with van der Waals surface area (Å²) in [5.41, 5.74) is 2.50. The van der Waals surface area contributed by atoms with Crippen molar-refractivity contribution in [1.82, 2.24) is 25.4 Å². The Morgan fingerprint density at radius 3 is 2.90 bits per heavy atom. The predicted molar refractivity (Wildman–Crippen MR) is 112 cm³/mol. The van der Waals surface area contributed by atoms with Crippen molar-refractivity contribution in [3.63, 3.8) is 0 Å². The molecule has 0 spiro atoms. The second kappa shape index (κ2) is 7.62. The number of carbonyl (C=O) groups excluding carboxylic acids is 1. The molecule has 0 aliphatic carbocycles. The quantitative estimate of drug-likeness (QED) is 0.544. The van der Waals surface area contributed by atoms with E-state index < -0.39 is 0 Å². The van der Waals surface area contributed by atoms with Crippen LogP contribution < -0.4 is 10.2 Å². The summed E-state index contributed by atoms with van der Waals surface area (Å²) in [7, 11) is 0. The van der Waals surface area contributed by atoms with Gasteiger partial charge in [0.25, 0.3) is 5.91 Å². The molecular weight excluding hydrogens is 380 g/mol. The molecular formula is C22H22N6O2. The normalized spacial score (nSPS) is 19.2. The van der Waals surface area contributed by atoms with E-state index in [1.165, 1.54) is 11.8 Å². The number of H-pyrrole nitrogens is 1. The molecule has 2 atom stereocenters. The van der Waals surface area contributed by atoms with Crippen molar-refractivity contribution in [3.8, 4) is 0 Å². The van der Waals surface area contributed by atoms with Gasteiger partial charge in [0.2, 0.25) is 0 Å². The predicted octanol–water partition coefficient (Wildman–Crippen LogP) is 3.05. The van der Waals surface area contributed by atoms with Crippen molar-refractivity contribution in [3.05, 3.63) is 72.0 Å². The second-order valence-electron chi connectivity index (χ2n) is 7.56. The minimum atomic E-state index is -0.170. The fourth-order valence-electron chi connectivity index (χ4n) is 4.26. The topological polar surface area (TPSA) is 99.9 Å². The molecule has 8 nitrogen and oxygen atoms in total. The van der Waals surface area contributed by atoms with E-state index in [9.17, 15) is 4.79 Å². The first-order valence-electron chi connectivity index (χ1n) is 10.0. The van der Waals surface area contributed by atoms with Crippen LogP contribution in [0.4, 0.5) is 5.82 Å². The van der Waals surface area contributed by atoms with Crippen molar-refractivity contribution in [2.45, 2.75) is 25.3 Å². The molecule has 2 N–H and O–H groups in total. The zero-order chi connectivity index (χ0) is 20.5. The van der Waals surface area contributed by atoms with Crippen molar-refractivity contribution in [1.29, 1.82) is 0 Å². The van der Waals surface area contributed by atoms with Gasteiger partial charge >= 0.3 is 0 Å². The maximum absolute atomic E-state index is 12.9. The number of carbonyl (C=O) groups is 1. The number of aromatic nitrogens is 4. The van der Waals surface area contributed by atoms with Gasteiger partial charge < -0.3 is 19.7 Å². The van der Waals surface area contributed by atoms with Crippen LogP contribution >= 0.6 is 0 Å². The molecule has 1 saturated heterocycles. The smallest absolute Gasteiger partial charge is 0.256 e. The summed E-state index contributed by atoms with van der Waals surface area (Å²) in [5.74, 6) is 1.43. The number of nitrogens with zero attached hydrogens (tertiary/aromatic N) is 4. The van der Waals surface area contributed by atoms with Gasteiger partial charge in [-0.2, -0.15) is 0 Å². The summed E-state index contributed by atoms with van der Waals surface area (Å²) < 4.78 is 5.07. The molecule has 1 amide bonds. The molecule has 4 aromatic rings. The van der Waals surface area contributed by atoms with Gasteiger partial charge in [-0.1, -0.05) is 35.5 Å². The summed E-state index contributed by atoms with van der Waals surface area (Å²) >= 11 is 0. The lowest BCUT2D eigenvalue weighted by molar-refractivity contribution is 0.0926. The monoisotopic (exact) mass is 402 g/mol.